The van der Waals surface area contributed by atoms with E-state index < -0.39 is 0 Å². The molecule has 1 N–H and O–H groups in total. The lowest BCUT2D eigenvalue weighted by molar-refractivity contribution is -0.121. The second-order valence-corrected chi connectivity index (χ2v) is 8.89. The maximum Gasteiger partial charge on any atom is 0.241 e. The summed E-state index contributed by atoms with van der Waals surface area (Å²) in [6.07, 6.45) is 2.15. The number of hydrogen-bond donors (Lipinski definition) is 1. The predicted octanol–water partition coefficient (Wildman–Crippen LogP) is 5.58. The first kappa shape index (κ1) is 19.1. The van der Waals surface area contributed by atoms with Crippen molar-refractivity contribution in [2.75, 3.05) is 11.9 Å². The number of carbonyl (C=O) groups is 1. The Bertz CT molecular complexity index is 948. The molecule has 1 aliphatic rings. The number of hydrogen-bond acceptors (Lipinski definition) is 4. The smallest absolute Gasteiger partial charge is 0.241 e. The summed E-state index contributed by atoms with van der Waals surface area (Å²) in [5, 5.41) is 4.30. The highest BCUT2D eigenvalue weighted by atomic mass is 32.1. The minimum absolute atomic E-state index is 0.0566. The van der Waals surface area contributed by atoms with Gasteiger partial charge in [-0.2, -0.15) is 0 Å². The van der Waals surface area contributed by atoms with Crippen LogP contribution in [0.5, 0.6) is 0 Å². The average molecular weight is 394 g/mol. The fraction of sp³-hybridized carbons (Fsp3) is 0.391. The van der Waals surface area contributed by atoms with Crippen molar-refractivity contribution < 1.29 is 4.79 Å². The van der Waals surface area contributed by atoms with E-state index in [4.69, 9.17) is 4.98 Å². The first-order chi connectivity index (χ1) is 13.5. The topological polar surface area (TPSA) is 45.2 Å². The molecule has 1 saturated heterocycles. The van der Waals surface area contributed by atoms with Crippen LogP contribution in [-0.4, -0.2) is 28.4 Å². The Hall–Kier alpha value is -2.24. The van der Waals surface area contributed by atoms with Gasteiger partial charge < -0.3 is 5.32 Å². The van der Waals surface area contributed by atoms with Gasteiger partial charge in [-0.25, -0.2) is 4.98 Å². The number of fused-ring (bicyclic) bond motifs is 1. The second kappa shape index (κ2) is 8.02. The highest BCUT2D eigenvalue weighted by Crippen LogP contribution is 2.37. The fourth-order valence-corrected chi connectivity index (χ4v) is 5.18. The molecule has 2 unspecified atom stereocenters. The molecule has 0 spiro atoms. The Kier molecular flexibility index (Phi) is 5.47. The van der Waals surface area contributed by atoms with Gasteiger partial charge in [-0.15, -0.1) is 11.3 Å². The van der Waals surface area contributed by atoms with Crippen molar-refractivity contribution in [1.82, 2.24) is 9.88 Å². The van der Waals surface area contributed by atoms with Crippen LogP contribution in [0.15, 0.2) is 48.5 Å². The zero-order valence-electron chi connectivity index (χ0n) is 16.7. The van der Waals surface area contributed by atoms with E-state index in [1.807, 2.05) is 31.2 Å². The third kappa shape index (κ3) is 3.69. The zero-order valence-corrected chi connectivity index (χ0v) is 17.5. The van der Waals surface area contributed by atoms with Crippen LogP contribution in [-0.2, 0) is 4.79 Å². The van der Waals surface area contributed by atoms with Crippen LogP contribution in [0.3, 0.4) is 0 Å². The molecule has 0 saturated carbocycles. The van der Waals surface area contributed by atoms with E-state index in [1.165, 1.54) is 10.3 Å². The Labute approximate surface area is 170 Å². The lowest BCUT2D eigenvalue weighted by Gasteiger charge is -2.29. The van der Waals surface area contributed by atoms with Crippen molar-refractivity contribution >= 4 is 33.1 Å². The van der Waals surface area contributed by atoms with E-state index in [1.54, 1.807) is 11.3 Å². The standard InChI is InChI=1S/C23H27N3OS/c1-15(2)17-9-4-5-10-18(17)24-22(27)16(3)26-14-8-12-20(26)23-25-19-11-6-7-13-21(19)28-23/h4-7,9-11,13,15-16,20H,8,12,14H2,1-3H3,(H,24,27). The molecule has 5 heteroatoms. The molecule has 0 radical (unpaired) electrons. The molecular formula is C23H27N3OS. The van der Waals surface area contributed by atoms with E-state index in [9.17, 15) is 4.79 Å². The summed E-state index contributed by atoms with van der Waals surface area (Å²) in [5.74, 6) is 0.426. The molecule has 4 rings (SSSR count). The molecule has 3 aromatic rings. The fourth-order valence-electron chi connectivity index (χ4n) is 4.05. The van der Waals surface area contributed by atoms with Gasteiger partial charge in [0.2, 0.25) is 5.91 Å². The van der Waals surface area contributed by atoms with Crippen LogP contribution in [0.1, 0.15) is 56.1 Å². The maximum absolute atomic E-state index is 13.1. The summed E-state index contributed by atoms with van der Waals surface area (Å²) >= 11 is 1.75. The van der Waals surface area contributed by atoms with Gasteiger partial charge in [0.1, 0.15) is 5.01 Å². The van der Waals surface area contributed by atoms with Crippen LogP contribution >= 0.6 is 11.3 Å². The van der Waals surface area contributed by atoms with E-state index in [0.29, 0.717) is 5.92 Å². The second-order valence-electron chi connectivity index (χ2n) is 7.82. The van der Waals surface area contributed by atoms with Gasteiger partial charge in [0.15, 0.2) is 0 Å². The third-order valence-electron chi connectivity index (χ3n) is 5.61. The summed E-state index contributed by atoms with van der Waals surface area (Å²) in [7, 11) is 0. The molecule has 2 aromatic carbocycles. The summed E-state index contributed by atoms with van der Waals surface area (Å²) in [6, 6.07) is 16.4. The van der Waals surface area contributed by atoms with Crippen molar-refractivity contribution in [2.45, 2.75) is 51.6 Å². The normalized spacial score (nSPS) is 18.6. The minimum Gasteiger partial charge on any atom is -0.324 e. The molecule has 2 atom stereocenters. The third-order valence-corrected chi connectivity index (χ3v) is 6.74. The molecule has 1 amide bonds. The van der Waals surface area contributed by atoms with Crippen molar-refractivity contribution in [1.29, 1.82) is 0 Å². The van der Waals surface area contributed by atoms with Gasteiger partial charge in [-0.3, -0.25) is 9.69 Å². The van der Waals surface area contributed by atoms with Crippen LogP contribution in [0.4, 0.5) is 5.69 Å². The van der Waals surface area contributed by atoms with Crippen LogP contribution in [0.2, 0.25) is 0 Å². The Morgan fingerprint density at radius 2 is 1.89 bits per heavy atom. The lowest BCUT2D eigenvalue weighted by atomic mass is 10.0. The number of rotatable bonds is 5. The number of nitrogens with one attached hydrogen (secondary N) is 1. The van der Waals surface area contributed by atoms with E-state index >= 15 is 0 Å². The molecule has 1 aliphatic heterocycles. The van der Waals surface area contributed by atoms with Gasteiger partial charge in [0, 0.05) is 5.69 Å². The molecule has 2 heterocycles. The van der Waals surface area contributed by atoms with Gasteiger partial charge in [-0.1, -0.05) is 44.2 Å². The van der Waals surface area contributed by atoms with Crippen LogP contribution in [0.25, 0.3) is 10.2 Å². The number of thiazole rings is 1. The minimum atomic E-state index is -0.195. The number of para-hydroxylation sites is 2. The summed E-state index contributed by atoms with van der Waals surface area (Å²) in [5.41, 5.74) is 3.15. The van der Waals surface area contributed by atoms with Gasteiger partial charge >= 0.3 is 0 Å². The molecular weight excluding hydrogens is 366 g/mol. The average Bonchev–Trinajstić information content (AvgIpc) is 3.34. The molecule has 1 aromatic heterocycles. The van der Waals surface area contributed by atoms with E-state index in [-0.39, 0.29) is 18.0 Å². The Balaban J connectivity index is 1.53. The first-order valence-corrected chi connectivity index (χ1v) is 10.9. The summed E-state index contributed by atoms with van der Waals surface area (Å²) < 4.78 is 1.22. The summed E-state index contributed by atoms with van der Waals surface area (Å²) in [6.45, 7) is 7.25. The number of aromatic nitrogens is 1. The first-order valence-electron chi connectivity index (χ1n) is 10.1. The maximum atomic E-state index is 13.1. The lowest BCUT2D eigenvalue weighted by Crippen LogP contribution is -2.41. The van der Waals surface area contributed by atoms with Crippen molar-refractivity contribution in [3.05, 3.63) is 59.1 Å². The van der Waals surface area contributed by atoms with E-state index in [2.05, 4.69) is 48.3 Å². The predicted molar refractivity (Wildman–Crippen MR) is 117 cm³/mol. The van der Waals surface area contributed by atoms with Gasteiger partial charge in [0.25, 0.3) is 0 Å². The van der Waals surface area contributed by atoms with Crippen LogP contribution in [0, 0.1) is 0 Å². The molecule has 0 aliphatic carbocycles. The number of likely N-dealkylation sites (tertiary alicyclic amines) is 1. The number of benzene rings is 2. The highest BCUT2D eigenvalue weighted by molar-refractivity contribution is 7.18. The monoisotopic (exact) mass is 393 g/mol. The Morgan fingerprint density at radius 3 is 2.68 bits per heavy atom. The highest BCUT2D eigenvalue weighted by Gasteiger charge is 2.35. The van der Waals surface area contributed by atoms with Crippen molar-refractivity contribution in [3.8, 4) is 0 Å². The molecule has 28 heavy (non-hydrogen) atoms. The van der Waals surface area contributed by atoms with Crippen molar-refractivity contribution in [2.24, 2.45) is 0 Å². The van der Waals surface area contributed by atoms with Gasteiger partial charge in [-0.05, 0) is 56.0 Å². The summed E-state index contributed by atoms with van der Waals surface area (Å²) in [4.78, 5) is 20.2. The molecule has 1 fully saturated rings. The molecule has 0 bridgehead atoms. The Morgan fingerprint density at radius 1 is 1.14 bits per heavy atom. The van der Waals surface area contributed by atoms with Gasteiger partial charge in [0.05, 0.1) is 22.3 Å². The zero-order chi connectivity index (χ0) is 19.7. The number of nitrogens with zero attached hydrogens (tertiary/aromatic N) is 2. The van der Waals surface area contributed by atoms with E-state index in [0.717, 1.165) is 35.6 Å². The SMILES string of the molecule is CC(C)c1ccccc1NC(=O)C(C)N1CCCC1c1nc2ccccc2s1. The molecule has 146 valence electrons. The largest absolute Gasteiger partial charge is 0.324 e. The quantitative estimate of drug-likeness (QED) is 0.615. The number of carbonyl (C=O) groups excluding carboxylic acids is 1. The molecule has 4 nitrogen and oxygen atoms in total. The van der Waals surface area contributed by atoms with Crippen LogP contribution < -0.4 is 5.32 Å². The number of amides is 1. The van der Waals surface area contributed by atoms with Crippen molar-refractivity contribution in [3.63, 3.8) is 0 Å². The number of anilines is 1.